The molecule has 0 atom stereocenters. The minimum Gasteiger partial charge on any atom is -0.310 e. The highest BCUT2D eigenvalue weighted by Gasteiger charge is 2.20. The summed E-state index contributed by atoms with van der Waals surface area (Å²) in [6.45, 7) is 7.81. The van der Waals surface area contributed by atoms with Crippen LogP contribution in [0, 0.1) is 6.57 Å². The smallest absolute Gasteiger partial charge is 0.189 e. The summed E-state index contributed by atoms with van der Waals surface area (Å²) in [6, 6.07) is 61.6. The summed E-state index contributed by atoms with van der Waals surface area (Å²) in [4.78, 5) is 8.51. The Bertz CT molecular complexity index is 3460. The van der Waals surface area contributed by atoms with Gasteiger partial charge in [-0.25, -0.2) is 4.85 Å². The quantitative estimate of drug-likeness (QED) is 0.133. The van der Waals surface area contributed by atoms with Gasteiger partial charge in [-0.15, -0.1) is 0 Å². The van der Waals surface area contributed by atoms with Crippen molar-refractivity contribution in [2.45, 2.75) is 0 Å². The summed E-state index contributed by atoms with van der Waals surface area (Å²) >= 11 is 0. The molecule has 3 nitrogen and oxygen atoms in total. The topological polar surface area (TPSA) is 22.2 Å². The van der Waals surface area contributed by atoms with Gasteiger partial charge in [0, 0.05) is 39.1 Å². The number of rotatable bonds is 4. The molecule has 0 aliphatic rings. The number of hydrogen-bond acceptors (Lipinski definition) is 1. The first-order chi connectivity index (χ1) is 27.2. The van der Waals surface area contributed by atoms with Gasteiger partial charge in [-0.05, 0) is 138 Å². The van der Waals surface area contributed by atoms with E-state index < -0.39 is 0 Å². The minimum atomic E-state index is 0.655. The Labute approximate surface area is 316 Å². The summed E-state index contributed by atoms with van der Waals surface area (Å²) in [5.41, 5.74) is 12.1. The Morgan fingerprint density at radius 1 is 0.400 bits per heavy atom. The van der Waals surface area contributed by atoms with E-state index in [1.54, 1.807) is 0 Å². The lowest BCUT2D eigenvalue weighted by molar-refractivity contribution is 1.18. The van der Waals surface area contributed by atoms with Crippen LogP contribution in [-0.2, 0) is 0 Å². The molecule has 0 spiro atoms. The molecule has 0 radical (unpaired) electrons. The number of pyridine rings is 1. The van der Waals surface area contributed by atoms with Crippen LogP contribution in [0.25, 0.3) is 120 Å². The molecular formula is C52H29N3. The Morgan fingerprint density at radius 3 is 1.56 bits per heavy atom. The van der Waals surface area contributed by atoms with Crippen LogP contribution in [0.1, 0.15) is 0 Å². The standard InChI is InChI=1S/C52H29N3/c1-53-43-28-39-21-20-38-27-42(29-46-50(38)51(39)47(30-43)55(46)44-9-3-2-4-10-44)41-25-36-18-16-34-23-40(24-35-17-19-37(26-41)49(36)48(34)35)31-12-14-32(15-13-31)45-11-5-7-33-8-6-22-54-52(33)45/h2-30H. The lowest BCUT2D eigenvalue weighted by atomic mass is 9.89. The molecule has 2 heterocycles. The van der Waals surface area contributed by atoms with Crippen molar-refractivity contribution in [3.63, 3.8) is 0 Å². The Morgan fingerprint density at radius 2 is 0.927 bits per heavy atom. The lowest BCUT2D eigenvalue weighted by Gasteiger charge is -2.15. The molecule has 12 rings (SSSR count). The second kappa shape index (κ2) is 11.2. The lowest BCUT2D eigenvalue weighted by Crippen LogP contribution is -1.93. The highest BCUT2D eigenvalue weighted by molar-refractivity contribution is 6.27. The van der Waals surface area contributed by atoms with E-state index in [-0.39, 0.29) is 0 Å². The summed E-state index contributed by atoms with van der Waals surface area (Å²) in [5.74, 6) is 0. The van der Waals surface area contributed by atoms with Crippen molar-refractivity contribution in [3.05, 3.63) is 187 Å². The zero-order valence-electron chi connectivity index (χ0n) is 29.6. The van der Waals surface area contributed by atoms with Gasteiger partial charge in [-0.1, -0.05) is 103 Å². The summed E-state index contributed by atoms with van der Waals surface area (Å²) in [6.07, 6.45) is 1.87. The van der Waals surface area contributed by atoms with Crippen LogP contribution in [0.15, 0.2) is 176 Å². The second-order valence-corrected chi connectivity index (χ2v) is 14.7. The monoisotopic (exact) mass is 695 g/mol. The first kappa shape index (κ1) is 30.0. The van der Waals surface area contributed by atoms with Gasteiger partial charge in [0.05, 0.1) is 17.6 Å². The van der Waals surface area contributed by atoms with Gasteiger partial charge in [0.1, 0.15) is 0 Å². The number of nitrogens with zero attached hydrogens (tertiary/aromatic N) is 3. The minimum absolute atomic E-state index is 0.655. The zero-order valence-corrected chi connectivity index (χ0v) is 29.6. The van der Waals surface area contributed by atoms with E-state index >= 15 is 0 Å². The van der Waals surface area contributed by atoms with E-state index in [1.807, 2.05) is 24.4 Å². The van der Waals surface area contributed by atoms with Crippen LogP contribution < -0.4 is 0 Å². The Kier molecular flexibility index (Phi) is 6.12. The van der Waals surface area contributed by atoms with Crippen molar-refractivity contribution in [2.75, 3.05) is 0 Å². The van der Waals surface area contributed by atoms with E-state index in [4.69, 9.17) is 6.57 Å². The van der Waals surface area contributed by atoms with Crippen molar-refractivity contribution in [3.8, 4) is 39.1 Å². The molecule has 0 unspecified atom stereocenters. The van der Waals surface area contributed by atoms with Crippen molar-refractivity contribution < 1.29 is 0 Å². The molecule has 0 fully saturated rings. The first-order valence-corrected chi connectivity index (χ1v) is 18.6. The predicted octanol–water partition coefficient (Wildman–Crippen LogP) is 14.4. The van der Waals surface area contributed by atoms with Gasteiger partial charge >= 0.3 is 0 Å². The third-order valence-corrected chi connectivity index (χ3v) is 11.6. The second-order valence-electron chi connectivity index (χ2n) is 14.7. The molecule has 10 aromatic carbocycles. The van der Waals surface area contributed by atoms with Crippen LogP contribution in [0.2, 0.25) is 0 Å². The van der Waals surface area contributed by atoms with Gasteiger partial charge in [0.15, 0.2) is 5.69 Å². The fraction of sp³-hybridized carbons (Fsp3) is 0. The maximum Gasteiger partial charge on any atom is 0.189 e. The first-order valence-electron chi connectivity index (χ1n) is 18.6. The van der Waals surface area contributed by atoms with Crippen molar-refractivity contribution >= 4 is 81.5 Å². The van der Waals surface area contributed by atoms with Crippen LogP contribution in [-0.4, -0.2) is 9.55 Å². The SMILES string of the molecule is [C-]#[N+]c1cc2ccc3cc(-c4cc5ccc6cc(-c7ccc(-c8cccc9cccnc89)cc7)cc7ccc(c4)c5c67)cc4c3c2c(c1)n4-c1ccccc1. The number of hydrogen-bond donors (Lipinski definition) is 0. The molecular weight excluding hydrogens is 667 g/mol. The molecule has 0 bridgehead atoms. The fourth-order valence-corrected chi connectivity index (χ4v) is 9.19. The molecule has 3 heteroatoms. The van der Waals surface area contributed by atoms with E-state index in [1.165, 1.54) is 76.3 Å². The third kappa shape index (κ3) is 4.40. The molecule has 0 saturated heterocycles. The molecule has 0 amide bonds. The van der Waals surface area contributed by atoms with E-state index in [0.29, 0.717) is 5.69 Å². The van der Waals surface area contributed by atoms with E-state index in [2.05, 4.69) is 166 Å². The maximum absolute atomic E-state index is 7.81. The van der Waals surface area contributed by atoms with Gasteiger partial charge in [-0.2, -0.15) is 0 Å². The average Bonchev–Trinajstić information content (AvgIpc) is 3.59. The largest absolute Gasteiger partial charge is 0.310 e. The van der Waals surface area contributed by atoms with Crippen LogP contribution in [0.4, 0.5) is 5.69 Å². The number of para-hydroxylation sites is 2. The highest BCUT2D eigenvalue weighted by atomic mass is 15.0. The molecule has 0 aliphatic carbocycles. The molecule has 0 N–H and O–H groups in total. The van der Waals surface area contributed by atoms with Crippen LogP contribution in [0.3, 0.4) is 0 Å². The molecule has 0 saturated carbocycles. The maximum atomic E-state index is 7.81. The van der Waals surface area contributed by atoms with Crippen molar-refractivity contribution in [2.24, 2.45) is 0 Å². The van der Waals surface area contributed by atoms with Crippen LogP contribution >= 0.6 is 0 Å². The average molecular weight is 696 g/mol. The Balaban J connectivity index is 0.990. The van der Waals surface area contributed by atoms with Crippen molar-refractivity contribution in [1.29, 1.82) is 0 Å². The number of fused-ring (bicyclic) bond motifs is 1. The number of aromatic nitrogens is 2. The van der Waals surface area contributed by atoms with E-state index in [0.717, 1.165) is 38.6 Å². The van der Waals surface area contributed by atoms with Gasteiger partial charge in [0.2, 0.25) is 0 Å². The molecule has 55 heavy (non-hydrogen) atoms. The van der Waals surface area contributed by atoms with E-state index in [9.17, 15) is 0 Å². The summed E-state index contributed by atoms with van der Waals surface area (Å²) < 4.78 is 2.33. The third-order valence-electron chi connectivity index (χ3n) is 11.6. The normalized spacial score (nSPS) is 12.0. The molecule has 252 valence electrons. The summed E-state index contributed by atoms with van der Waals surface area (Å²) in [5, 5.41) is 13.5. The number of benzene rings is 10. The van der Waals surface area contributed by atoms with Gasteiger partial charge in [0.25, 0.3) is 0 Å². The van der Waals surface area contributed by atoms with Gasteiger partial charge in [-0.3, -0.25) is 4.98 Å². The van der Waals surface area contributed by atoms with Crippen LogP contribution in [0.5, 0.6) is 0 Å². The Hall–Kier alpha value is -7.54. The molecule has 12 aromatic rings. The predicted molar refractivity (Wildman–Crippen MR) is 231 cm³/mol. The highest BCUT2D eigenvalue weighted by Crippen LogP contribution is 2.45. The molecule has 0 aliphatic heterocycles. The van der Waals surface area contributed by atoms with Crippen molar-refractivity contribution in [1.82, 2.24) is 9.55 Å². The summed E-state index contributed by atoms with van der Waals surface area (Å²) in [7, 11) is 0. The van der Waals surface area contributed by atoms with Gasteiger partial charge < -0.3 is 4.57 Å². The zero-order chi connectivity index (χ0) is 36.2. The molecule has 2 aromatic heterocycles. The fourth-order valence-electron chi connectivity index (χ4n) is 9.19.